The predicted octanol–water partition coefficient (Wildman–Crippen LogP) is 7.37. The molecule has 0 radical (unpaired) electrons. The van der Waals surface area contributed by atoms with Crippen molar-refractivity contribution in [3.63, 3.8) is 0 Å². The molecule has 0 amide bonds. The molecular weight excluding hydrogens is 352 g/mol. The standard InChI is InChI=1S/C27H30N2/c1-6-9-23(17-29-27-20(4)12-8-13-21(27)5)22-14-15-25(28)24(16-22)26-18(2)10-7-11-19(26)3/h7-17H,6,28H2,1-5H3/b23-9+,29-17?. The van der Waals surface area contributed by atoms with Crippen LogP contribution in [0.5, 0.6) is 0 Å². The molecule has 0 spiro atoms. The van der Waals surface area contributed by atoms with Gasteiger partial charge in [-0.15, -0.1) is 0 Å². The maximum absolute atomic E-state index is 6.38. The molecule has 0 saturated heterocycles. The summed E-state index contributed by atoms with van der Waals surface area (Å²) in [6.07, 6.45) is 5.15. The number of nitrogen functional groups attached to an aromatic ring is 1. The van der Waals surface area contributed by atoms with Gasteiger partial charge in [-0.25, -0.2) is 0 Å². The van der Waals surface area contributed by atoms with Crippen LogP contribution < -0.4 is 5.73 Å². The van der Waals surface area contributed by atoms with Crippen molar-refractivity contribution in [1.82, 2.24) is 0 Å². The highest BCUT2D eigenvalue weighted by molar-refractivity contribution is 6.11. The highest BCUT2D eigenvalue weighted by atomic mass is 14.7. The minimum absolute atomic E-state index is 0.800. The summed E-state index contributed by atoms with van der Waals surface area (Å²) in [7, 11) is 0. The van der Waals surface area contributed by atoms with E-state index < -0.39 is 0 Å². The lowest BCUT2D eigenvalue weighted by Crippen LogP contribution is -1.97. The first-order chi connectivity index (χ1) is 13.9. The van der Waals surface area contributed by atoms with Crippen LogP contribution in [0, 0.1) is 27.7 Å². The molecule has 0 fully saturated rings. The number of benzene rings is 3. The number of hydrogen-bond acceptors (Lipinski definition) is 2. The maximum atomic E-state index is 6.38. The Morgan fingerprint density at radius 3 is 2.03 bits per heavy atom. The third-order valence-corrected chi connectivity index (χ3v) is 5.33. The maximum Gasteiger partial charge on any atom is 0.0688 e. The highest BCUT2D eigenvalue weighted by Crippen LogP contribution is 2.34. The van der Waals surface area contributed by atoms with Gasteiger partial charge in [0.25, 0.3) is 0 Å². The summed E-state index contributed by atoms with van der Waals surface area (Å²) in [6.45, 7) is 10.6. The molecule has 3 aromatic carbocycles. The molecule has 29 heavy (non-hydrogen) atoms. The number of aryl methyl sites for hydroxylation is 4. The van der Waals surface area contributed by atoms with Gasteiger partial charge in [-0.2, -0.15) is 0 Å². The Bertz CT molecular complexity index is 1050. The molecule has 0 aliphatic carbocycles. The molecule has 0 bridgehead atoms. The largest absolute Gasteiger partial charge is 0.398 e. The van der Waals surface area contributed by atoms with Gasteiger partial charge >= 0.3 is 0 Å². The van der Waals surface area contributed by atoms with E-state index in [1.165, 1.54) is 27.8 Å². The fourth-order valence-electron chi connectivity index (χ4n) is 3.80. The quantitative estimate of drug-likeness (QED) is 0.363. The van der Waals surface area contributed by atoms with E-state index in [1.54, 1.807) is 0 Å². The van der Waals surface area contributed by atoms with Gasteiger partial charge in [0.15, 0.2) is 0 Å². The van der Waals surface area contributed by atoms with Crippen LogP contribution in [0.1, 0.15) is 41.2 Å². The van der Waals surface area contributed by atoms with Crippen molar-refractivity contribution in [3.8, 4) is 11.1 Å². The van der Waals surface area contributed by atoms with E-state index in [-0.39, 0.29) is 0 Å². The summed E-state index contributed by atoms with van der Waals surface area (Å²) in [6, 6.07) is 18.9. The number of nitrogens with zero attached hydrogens (tertiary/aromatic N) is 1. The van der Waals surface area contributed by atoms with E-state index in [4.69, 9.17) is 10.7 Å². The third kappa shape index (κ3) is 4.48. The van der Waals surface area contributed by atoms with Crippen molar-refractivity contribution >= 4 is 23.2 Å². The molecule has 2 N–H and O–H groups in total. The number of rotatable bonds is 5. The molecule has 2 heteroatoms. The van der Waals surface area contributed by atoms with E-state index in [2.05, 4.69) is 89.2 Å². The van der Waals surface area contributed by atoms with Gasteiger partial charge in [0.2, 0.25) is 0 Å². The normalized spacial score (nSPS) is 12.0. The third-order valence-electron chi connectivity index (χ3n) is 5.33. The van der Waals surface area contributed by atoms with Gasteiger partial charge in [0, 0.05) is 17.5 Å². The van der Waals surface area contributed by atoms with Crippen molar-refractivity contribution in [3.05, 3.63) is 88.5 Å². The van der Waals surface area contributed by atoms with Crippen molar-refractivity contribution in [2.45, 2.75) is 41.0 Å². The zero-order chi connectivity index (χ0) is 21.0. The van der Waals surface area contributed by atoms with Crippen LogP contribution in [0.4, 0.5) is 11.4 Å². The van der Waals surface area contributed by atoms with Crippen molar-refractivity contribution < 1.29 is 0 Å². The minimum atomic E-state index is 0.800. The molecule has 0 saturated carbocycles. The zero-order valence-electron chi connectivity index (χ0n) is 18.1. The van der Waals surface area contributed by atoms with Crippen LogP contribution in [-0.4, -0.2) is 6.21 Å². The lowest BCUT2D eigenvalue weighted by molar-refractivity contribution is 1.23. The molecule has 148 valence electrons. The average Bonchev–Trinajstić information content (AvgIpc) is 2.68. The van der Waals surface area contributed by atoms with Gasteiger partial charge < -0.3 is 5.73 Å². The SMILES string of the molecule is CC/C=C(\C=Nc1c(C)cccc1C)c1ccc(N)c(-c2c(C)cccc2C)c1. The molecule has 0 heterocycles. The van der Waals surface area contributed by atoms with Gasteiger partial charge in [0.1, 0.15) is 0 Å². The summed E-state index contributed by atoms with van der Waals surface area (Å²) in [5.41, 5.74) is 17.6. The summed E-state index contributed by atoms with van der Waals surface area (Å²) in [5, 5.41) is 0. The Morgan fingerprint density at radius 2 is 1.45 bits per heavy atom. The van der Waals surface area contributed by atoms with Crippen LogP contribution in [-0.2, 0) is 0 Å². The van der Waals surface area contributed by atoms with Gasteiger partial charge in [-0.05, 0) is 85.2 Å². The predicted molar refractivity (Wildman–Crippen MR) is 128 cm³/mol. The second-order valence-corrected chi connectivity index (χ2v) is 7.64. The summed E-state index contributed by atoms with van der Waals surface area (Å²) < 4.78 is 0. The first-order valence-corrected chi connectivity index (χ1v) is 10.2. The Morgan fingerprint density at radius 1 is 0.862 bits per heavy atom. The lowest BCUT2D eigenvalue weighted by Gasteiger charge is -2.14. The van der Waals surface area contributed by atoms with Gasteiger partial charge in [-0.1, -0.05) is 55.5 Å². The number of para-hydroxylation sites is 1. The molecule has 2 nitrogen and oxygen atoms in total. The van der Waals surface area contributed by atoms with Crippen LogP contribution in [0.15, 0.2) is 65.7 Å². The van der Waals surface area contributed by atoms with Crippen molar-refractivity contribution in [1.29, 1.82) is 0 Å². The Balaban J connectivity index is 2.08. The number of allylic oxidation sites excluding steroid dienone is 2. The summed E-state index contributed by atoms with van der Waals surface area (Å²) in [5.74, 6) is 0. The Labute approximate surface area is 174 Å². The van der Waals surface area contributed by atoms with Crippen LogP contribution in [0.2, 0.25) is 0 Å². The molecular formula is C27H30N2. The van der Waals surface area contributed by atoms with Gasteiger partial charge in [-0.3, -0.25) is 4.99 Å². The summed E-state index contributed by atoms with van der Waals surface area (Å²) >= 11 is 0. The molecule has 0 aliphatic heterocycles. The van der Waals surface area contributed by atoms with E-state index in [9.17, 15) is 0 Å². The monoisotopic (exact) mass is 382 g/mol. The minimum Gasteiger partial charge on any atom is -0.398 e. The Kier molecular flexibility index (Phi) is 6.33. The smallest absolute Gasteiger partial charge is 0.0688 e. The van der Waals surface area contributed by atoms with Crippen LogP contribution >= 0.6 is 0 Å². The average molecular weight is 383 g/mol. The second kappa shape index (κ2) is 8.91. The molecule has 0 unspecified atom stereocenters. The molecule has 0 aliphatic rings. The fourth-order valence-corrected chi connectivity index (χ4v) is 3.80. The van der Waals surface area contributed by atoms with Crippen LogP contribution in [0.3, 0.4) is 0 Å². The van der Waals surface area contributed by atoms with E-state index in [0.717, 1.165) is 34.5 Å². The lowest BCUT2D eigenvalue weighted by atomic mass is 9.92. The van der Waals surface area contributed by atoms with E-state index in [0.29, 0.717) is 0 Å². The first-order valence-electron chi connectivity index (χ1n) is 10.2. The summed E-state index contributed by atoms with van der Waals surface area (Å²) in [4.78, 5) is 4.84. The topological polar surface area (TPSA) is 38.4 Å². The van der Waals surface area contributed by atoms with Crippen molar-refractivity contribution in [2.75, 3.05) is 5.73 Å². The fraction of sp³-hybridized carbons (Fsp3) is 0.222. The van der Waals surface area contributed by atoms with E-state index in [1.807, 2.05) is 12.3 Å². The molecule has 0 aromatic heterocycles. The Hall–Kier alpha value is -3.13. The second-order valence-electron chi connectivity index (χ2n) is 7.64. The number of nitrogens with two attached hydrogens (primary N) is 1. The number of hydrogen-bond donors (Lipinski definition) is 1. The molecule has 0 atom stereocenters. The zero-order valence-corrected chi connectivity index (χ0v) is 18.1. The highest BCUT2D eigenvalue weighted by Gasteiger charge is 2.11. The molecule has 3 aromatic rings. The van der Waals surface area contributed by atoms with Crippen LogP contribution in [0.25, 0.3) is 16.7 Å². The van der Waals surface area contributed by atoms with Crippen molar-refractivity contribution in [2.24, 2.45) is 4.99 Å². The molecule has 3 rings (SSSR count). The number of anilines is 1. The van der Waals surface area contributed by atoms with Gasteiger partial charge in [0.05, 0.1) is 5.69 Å². The first kappa shape index (κ1) is 20.6. The van der Waals surface area contributed by atoms with E-state index >= 15 is 0 Å². The number of aliphatic imine (C=N–C) groups is 1.